The SMILES string of the molecule is COC(=O)c1cc(NC(=O)CSCC(O)c2ccccc2)cc(C(=O)OC)c1. The van der Waals surface area contributed by atoms with E-state index in [2.05, 4.69) is 14.8 Å². The number of hydrogen-bond donors (Lipinski definition) is 2. The molecule has 0 heterocycles. The first-order chi connectivity index (χ1) is 13.4. The minimum Gasteiger partial charge on any atom is -0.465 e. The van der Waals surface area contributed by atoms with Crippen LogP contribution in [0.5, 0.6) is 0 Å². The molecule has 0 aliphatic rings. The van der Waals surface area contributed by atoms with Crippen molar-refractivity contribution < 1.29 is 29.0 Å². The summed E-state index contributed by atoms with van der Waals surface area (Å²) in [6, 6.07) is 13.3. The Bertz CT molecular complexity index is 806. The predicted molar refractivity (Wildman–Crippen MR) is 106 cm³/mol. The van der Waals surface area contributed by atoms with Crippen LogP contribution in [-0.4, -0.2) is 48.7 Å². The molecule has 2 rings (SSSR count). The summed E-state index contributed by atoms with van der Waals surface area (Å²) in [6.07, 6.45) is -0.674. The van der Waals surface area contributed by atoms with Crippen LogP contribution in [0.3, 0.4) is 0 Å². The van der Waals surface area contributed by atoms with Crippen molar-refractivity contribution in [2.24, 2.45) is 0 Å². The van der Waals surface area contributed by atoms with Gasteiger partial charge >= 0.3 is 11.9 Å². The monoisotopic (exact) mass is 403 g/mol. The summed E-state index contributed by atoms with van der Waals surface area (Å²) in [7, 11) is 2.44. The van der Waals surface area contributed by atoms with Crippen molar-refractivity contribution >= 4 is 35.3 Å². The molecular formula is C20H21NO6S. The number of aliphatic hydroxyl groups is 1. The molecule has 0 radical (unpaired) electrons. The van der Waals surface area contributed by atoms with Crippen molar-refractivity contribution in [1.29, 1.82) is 0 Å². The number of rotatable bonds is 8. The standard InChI is InChI=1S/C20H21NO6S/c1-26-19(24)14-8-15(20(25)27-2)10-16(9-14)21-18(23)12-28-11-17(22)13-6-4-3-5-7-13/h3-10,17,22H,11-12H2,1-2H3,(H,21,23). The Hall–Kier alpha value is -2.84. The lowest BCUT2D eigenvalue weighted by atomic mass is 10.1. The van der Waals surface area contributed by atoms with Gasteiger partial charge in [0.2, 0.25) is 5.91 Å². The molecule has 0 aliphatic carbocycles. The van der Waals surface area contributed by atoms with E-state index in [1.165, 1.54) is 44.2 Å². The molecule has 7 nitrogen and oxygen atoms in total. The van der Waals surface area contributed by atoms with Crippen LogP contribution in [0.4, 0.5) is 5.69 Å². The van der Waals surface area contributed by atoms with Gasteiger partial charge in [-0.3, -0.25) is 4.79 Å². The fourth-order valence-corrected chi connectivity index (χ4v) is 3.19. The molecule has 28 heavy (non-hydrogen) atoms. The highest BCUT2D eigenvalue weighted by atomic mass is 32.2. The number of benzene rings is 2. The number of nitrogens with one attached hydrogen (secondary N) is 1. The lowest BCUT2D eigenvalue weighted by Crippen LogP contribution is -2.16. The summed E-state index contributed by atoms with van der Waals surface area (Å²) in [5.74, 6) is -1.15. The van der Waals surface area contributed by atoms with Gasteiger partial charge in [0.05, 0.1) is 37.2 Å². The highest BCUT2D eigenvalue weighted by Gasteiger charge is 2.15. The first-order valence-electron chi connectivity index (χ1n) is 8.37. The van der Waals surface area contributed by atoms with Crippen LogP contribution in [0.25, 0.3) is 0 Å². The van der Waals surface area contributed by atoms with E-state index in [0.29, 0.717) is 5.75 Å². The molecule has 1 unspecified atom stereocenters. The van der Waals surface area contributed by atoms with Crippen LogP contribution in [0.2, 0.25) is 0 Å². The Labute approximate surface area is 167 Å². The van der Waals surface area contributed by atoms with Crippen LogP contribution in [-0.2, 0) is 14.3 Å². The van der Waals surface area contributed by atoms with Gasteiger partial charge in [0.15, 0.2) is 0 Å². The maximum atomic E-state index is 12.2. The summed E-state index contributed by atoms with van der Waals surface area (Å²) in [4.78, 5) is 35.7. The van der Waals surface area contributed by atoms with E-state index in [9.17, 15) is 19.5 Å². The van der Waals surface area contributed by atoms with Gasteiger partial charge in [0, 0.05) is 11.4 Å². The van der Waals surface area contributed by atoms with E-state index in [1.54, 1.807) is 0 Å². The normalized spacial score (nSPS) is 11.4. The minimum absolute atomic E-state index is 0.0971. The lowest BCUT2D eigenvalue weighted by molar-refractivity contribution is -0.113. The molecule has 0 fully saturated rings. The number of carbonyl (C=O) groups is 3. The maximum Gasteiger partial charge on any atom is 0.337 e. The first-order valence-corrected chi connectivity index (χ1v) is 9.52. The summed E-state index contributed by atoms with van der Waals surface area (Å²) in [5, 5.41) is 12.8. The number of hydrogen-bond acceptors (Lipinski definition) is 7. The zero-order valence-electron chi connectivity index (χ0n) is 15.5. The molecule has 0 spiro atoms. The van der Waals surface area contributed by atoms with Crippen LogP contribution >= 0.6 is 11.8 Å². The van der Waals surface area contributed by atoms with E-state index < -0.39 is 18.0 Å². The molecule has 0 aliphatic heterocycles. The zero-order valence-corrected chi connectivity index (χ0v) is 16.3. The van der Waals surface area contributed by atoms with Gasteiger partial charge in [0.1, 0.15) is 0 Å². The molecule has 1 amide bonds. The second-order valence-electron chi connectivity index (χ2n) is 5.77. The van der Waals surface area contributed by atoms with Gasteiger partial charge < -0.3 is 19.9 Å². The van der Waals surface area contributed by atoms with E-state index in [1.807, 2.05) is 30.3 Å². The molecule has 0 aromatic heterocycles. The Morgan fingerprint density at radius 2 is 1.57 bits per heavy atom. The summed E-state index contributed by atoms with van der Waals surface area (Å²) < 4.78 is 9.32. The van der Waals surface area contributed by atoms with Gasteiger partial charge in [-0.2, -0.15) is 0 Å². The Kier molecular flexibility index (Phi) is 8.03. The van der Waals surface area contributed by atoms with Crippen LogP contribution in [0.1, 0.15) is 32.4 Å². The van der Waals surface area contributed by atoms with Crippen molar-refractivity contribution in [3.63, 3.8) is 0 Å². The van der Waals surface area contributed by atoms with Crippen molar-refractivity contribution in [3.05, 3.63) is 65.2 Å². The van der Waals surface area contributed by atoms with Crippen molar-refractivity contribution in [1.82, 2.24) is 0 Å². The Morgan fingerprint density at radius 1 is 1.00 bits per heavy atom. The minimum atomic E-state index is -0.674. The Balaban J connectivity index is 1.98. The smallest absolute Gasteiger partial charge is 0.337 e. The van der Waals surface area contributed by atoms with E-state index in [-0.39, 0.29) is 28.5 Å². The topological polar surface area (TPSA) is 102 Å². The molecule has 0 saturated carbocycles. The third kappa shape index (κ3) is 6.11. The quantitative estimate of drug-likeness (QED) is 0.653. The molecule has 0 saturated heterocycles. The Morgan fingerprint density at radius 3 is 2.11 bits per heavy atom. The average Bonchev–Trinajstić information content (AvgIpc) is 2.72. The molecule has 0 bridgehead atoms. The summed E-state index contributed by atoms with van der Waals surface area (Å²) in [6.45, 7) is 0. The number of amides is 1. The number of anilines is 1. The first kappa shape index (κ1) is 21.5. The zero-order chi connectivity index (χ0) is 20.5. The van der Waals surface area contributed by atoms with E-state index >= 15 is 0 Å². The van der Waals surface area contributed by atoms with Gasteiger partial charge in [-0.1, -0.05) is 30.3 Å². The van der Waals surface area contributed by atoms with Gasteiger partial charge in [-0.15, -0.1) is 11.8 Å². The van der Waals surface area contributed by atoms with Crippen molar-refractivity contribution in [2.75, 3.05) is 31.0 Å². The number of thioether (sulfide) groups is 1. The lowest BCUT2D eigenvalue weighted by Gasteiger charge is -2.11. The van der Waals surface area contributed by atoms with Crippen molar-refractivity contribution in [2.45, 2.75) is 6.10 Å². The summed E-state index contributed by atoms with van der Waals surface area (Å²) >= 11 is 1.27. The van der Waals surface area contributed by atoms with Crippen molar-refractivity contribution in [3.8, 4) is 0 Å². The fourth-order valence-electron chi connectivity index (χ4n) is 2.40. The maximum absolute atomic E-state index is 12.2. The van der Waals surface area contributed by atoms with Gasteiger partial charge in [-0.25, -0.2) is 9.59 Å². The third-order valence-corrected chi connectivity index (χ3v) is 4.77. The highest BCUT2D eigenvalue weighted by molar-refractivity contribution is 8.00. The fraction of sp³-hybridized carbons (Fsp3) is 0.250. The number of esters is 2. The van der Waals surface area contributed by atoms with Crippen LogP contribution in [0.15, 0.2) is 48.5 Å². The molecule has 2 aromatic rings. The predicted octanol–water partition coefficient (Wildman–Crippen LogP) is 2.67. The molecule has 148 valence electrons. The van der Waals surface area contributed by atoms with Gasteiger partial charge in [0.25, 0.3) is 0 Å². The number of ether oxygens (including phenoxy) is 2. The number of carbonyl (C=O) groups excluding carboxylic acids is 3. The second-order valence-corrected chi connectivity index (χ2v) is 6.80. The summed E-state index contributed by atoms with van der Waals surface area (Å²) in [5.41, 5.74) is 1.29. The van der Waals surface area contributed by atoms with E-state index in [0.717, 1.165) is 5.56 Å². The molecule has 2 aromatic carbocycles. The molecule has 1 atom stereocenters. The molecule has 8 heteroatoms. The average molecular weight is 403 g/mol. The highest BCUT2D eigenvalue weighted by Crippen LogP contribution is 2.20. The second kappa shape index (κ2) is 10.5. The molecular weight excluding hydrogens is 382 g/mol. The van der Waals surface area contributed by atoms with Gasteiger partial charge in [-0.05, 0) is 23.8 Å². The molecule has 2 N–H and O–H groups in total. The largest absolute Gasteiger partial charge is 0.465 e. The van der Waals surface area contributed by atoms with Crippen LogP contribution in [0, 0.1) is 0 Å². The number of aliphatic hydroxyl groups excluding tert-OH is 1. The number of methoxy groups -OCH3 is 2. The van der Waals surface area contributed by atoms with Crippen LogP contribution < -0.4 is 5.32 Å². The third-order valence-electron chi connectivity index (χ3n) is 3.75. The van der Waals surface area contributed by atoms with E-state index in [4.69, 9.17) is 0 Å².